The van der Waals surface area contributed by atoms with Gasteiger partial charge >= 0.3 is 0 Å². The number of amides is 4. The lowest BCUT2D eigenvalue weighted by atomic mass is 9.82. The van der Waals surface area contributed by atoms with E-state index in [1.165, 1.54) is 18.3 Å². The van der Waals surface area contributed by atoms with Crippen molar-refractivity contribution in [2.45, 2.75) is 116 Å². The number of carbonyl (C=O) groups is 5. The quantitative estimate of drug-likeness (QED) is 0.0794. The number of nitrogens with zero attached hydrogens (tertiary/aromatic N) is 2. The first kappa shape index (κ1) is 48.0. The summed E-state index contributed by atoms with van der Waals surface area (Å²) in [5.74, 6) is -3.03. The highest BCUT2D eigenvalue weighted by Gasteiger charge is 2.44. The van der Waals surface area contributed by atoms with Crippen LogP contribution in [0.3, 0.4) is 0 Å². The van der Waals surface area contributed by atoms with Gasteiger partial charge in [0.05, 0.1) is 35.2 Å². The number of benzene rings is 3. The Morgan fingerprint density at radius 2 is 1.71 bits per heavy atom. The van der Waals surface area contributed by atoms with E-state index >= 15 is 8.78 Å². The van der Waals surface area contributed by atoms with E-state index in [2.05, 4.69) is 17.2 Å². The highest BCUT2D eigenvalue weighted by atomic mass is 19.1. The largest absolute Gasteiger partial charge is 0.388 e. The van der Waals surface area contributed by atoms with Gasteiger partial charge in [-0.1, -0.05) is 37.8 Å². The second-order valence-electron chi connectivity index (χ2n) is 17.8. The molecule has 7 rings (SSSR count). The van der Waals surface area contributed by atoms with Crippen LogP contribution in [0.25, 0.3) is 11.1 Å². The van der Waals surface area contributed by atoms with Crippen molar-refractivity contribution >= 4 is 47.0 Å². The van der Waals surface area contributed by atoms with E-state index in [4.69, 9.17) is 19.9 Å². The van der Waals surface area contributed by atoms with E-state index < -0.39 is 41.3 Å². The van der Waals surface area contributed by atoms with Crippen LogP contribution in [0.4, 0.5) is 14.5 Å². The van der Waals surface area contributed by atoms with Crippen molar-refractivity contribution in [1.82, 2.24) is 15.5 Å². The number of aryl methyl sites for hydroxylation is 2. The molecule has 3 aliphatic heterocycles. The molecule has 14 heteroatoms. The van der Waals surface area contributed by atoms with Crippen LogP contribution in [0.1, 0.15) is 115 Å². The second kappa shape index (κ2) is 22.0. The molecule has 348 valence electrons. The fourth-order valence-electron chi connectivity index (χ4n) is 9.50. The summed E-state index contributed by atoms with van der Waals surface area (Å²) in [5.41, 5.74) is 4.62. The molecule has 0 bridgehead atoms. The molecule has 3 N–H and O–H groups in total. The van der Waals surface area contributed by atoms with Gasteiger partial charge in [0.25, 0.3) is 11.8 Å². The van der Waals surface area contributed by atoms with E-state index in [0.29, 0.717) is 73.6 Å². The SMILES string of the molecule is C=CC(=N\c1c(C)cccc1-c1cc(F)c(CC2CCOCC2)c(F)c1)/C(C=N)=C/NC1CCC(C(=O)CCOC(CC)CCc2ccc3c(c2)C(=O)N(C2CCC(=O)NC2=O)C3=O)CC1. The Bertz CT molecular complexity index is 2410. The fraction of sp³-hybridized carbons (Fsp3) is 0.442. The van der Waals surface area contributed by atoms with Crippen molar-refractivity contribution in [2.75, 3.05) is 19.8 Å². The number of nitrogens with one attached hydrogen (secondary N) is 3. The molecule has 3 fully saturated rings. The Labute approximate surface area is 384 Å². The number of hydrogen-bond acceptors (Lipinski definition) is 10. The molecule has 4 aliphatic rings. The molecule has 66 heavy (non-hydrogen) atoms. The number of piperidine rings is 1. The standard InChI is InChI=1S/C52H59F2N5O7/c1-4-38(15-9-32-10-16-40-41(25-32)52(64)59(51(40)63)46-17-18-48(61)58-50(46)62)66-24-21-47(60)34-11-13-37(14-12-34)56-30-36(29-55)45(5-2)57-49-31(3)7-6-8-39(49)35-27-43(53)42(44(54)28-35)26-33-19-22-65-23-20-33/h5-8,10,16,25,27-30,33-34,37-38,46,55-56H,2,4,9,11-15,17-24,26H2,1,3H3,(H,58,61,62)/b36-30+,55-29?,57-45+. The summed E-state index contributed by atoms with van der Waals surface area (Å²) in [6.45, 7) is 9.36. The van der Waals surface area contributed by atoms with E-state index in [0.717, 1.165) is 61.0 Å². The first-order chi connectivity index (χ1) is 31.9. The lowest BCUT2D eigenvalue weighted by Gasteiger charge is -2.28. The van der Waals surface area contributed by atoms with Gasteiger partial charge in [0.15, 0.2) is 0 Å². The summed E-state index contributed by atoms with van der Waals surface area (Å²) in [6, 6.07) is 12.4. The van der Waals surface area contributed by atoms with Gasteiger partial charge in [-0.05, 0) is 131 Å². The highest BCUT2D eigenvalue weighted by Crippen LogP contribution is 2.37. The maximum Gasteiger partial charge on any atom is 0.262 e. The van der Waals surface area contributed by atoms with Gasteiger partial charge < -0.3 is 20.2 Å². The maximum atomic E-state index is 15.5. The summed E-state index contributed by atoms with van der Waals surface area (Å²) >= 11 is 0. The molecule has 2 saturated heterocycles. The second-order valence-corrected chi connectivity index (χ2v) is 17.8. The molecule has 1 aliphatic carbocycles. The van der Waals surface area contributed by atoms with Crippen LogP contribution in [-0.4, -0.2) is 84.2 Å². The predicted molar refractivity (Wildman–Crippen MR) is 248 cm³/mol. The molecule has 2 unspecified atom stereocenters. The Kier molecular flexibility index (Phi) is 16.0. The average molecular weight is 904 g/mol. The number of allylic oxidation sites excluding steroid dienone is 2. The monoisotopic (exact) mass is 903 g/mol. The normalized spacial score (nSPS) is 21.1. The molecular formula is C52H59F2N5O7. The van der Waals surface area contributed by atoms with Crippen molar-refractivity contribution in [3.63, 3.8) is 0 Å². The molecule has 2 atom stereocenters. The third-order valence-corrected chi connectivity index (χ3v) is 13.5. The topological polar surface area (TPSA) is 167 Å². The molecule has 12 nitrogen and oxygen atoms in total. The Morgan fingerprint density at radius 1 is 0.985 bits per heavy atom. The Morgan fingerprint density at radius 3 is 2.39 bits per heavy atom. The first-order valence-electron chi connectivity index (χ1n) is 23.2. The molecule has 3 heterocycles. The zero-order valence-electron chi connectivity index (χ0n) is 37.8. The number of ether oxygens (including phenoxy) is 2. The molecule has 0 radical (unpaired) electrons. The van der Waals surface area contributed by atoms with Gasteiger partial charge in [-0.15, -0.1) is 0 Å². The van der Waals surface area contributed by atoms with Gasteiger partial charge in [-0.2, -0.15) is 0 Å². The summed E-state index contributed by atoms with van der Waals surface area (Å²) in [7, 11) is 0. The van der Waals surface area contributed by atoms with Crippen molar-refractivity contribution in [1.29, 1.82) is 5.41 Å². The van der Waals surface area contributed by atoms with Gasteiger partial charge in [0.2, 0.25) is 11.8 Å². The van der Waals surface area contributed by atoms with Gasteiger partial charge in [-0.25, -0.2) is 13.8 Å². The van der Waals surface area contributed by atoms with Crippen LogP contribution in [0.2, 0.25) is 0 Å². The number of carbonyl (C=O) groups excluding carboxylic acids is 5. The molecule has 3 aromatic carbocycles. The first-order valence-corrected chi connectivity index (χ1v) is 23.2. The molecule has 3 aromatic rings. The predicted octanol–water partition coefficient (Wildman–Crippen LogP) is 8.64. The van der Waals surface area contributed by atoms with Crippen molar-refractivity contribution < 1.29 is 42.2 Å². The summed E-state index contributed by atoms with van der Waals surface area (Å²) in [4.78, 5) is 69.5. The van der Waals surface area contributed by atoms with Gasteiger partial charge in [0, 0.05) is 67.1 Å². The van der Waals surface area contributed by atoms with E-state index in [-0.39, 0.29) is 59.3 Å². The number of hydrogen-bond donors (Lipinski definition) is 3. The molecule has 1 saturated carbocycles. The summed E-state index contributed by atoms with van der Waals surface area (Å²) in [6.07, 6.45) is 11.7. The minimum Gasteiger partial charge on any atom is -0.388 e. The maximum absolute atomic E-state index is 15.5. The molecule has 0 aromatic heterocycles. The van der Waals surface area contributed by atoms with Crippen LogP contribution < -0.4 is 10.6 Å². The van der Waals surface area contributed by atoms with E-state index in [9.17, 15) is 24.0 Å². The fourth-order valence-corrected chi connectivity index (χ4v) is 9.50. The number of imide groups is 2. The number of halogens is 2. The molecule has 4 amide bonds. The van der Waals surface area contributed by atoms with Crippen LogP contribution in [0.5, 0.6) is 0 Å². The smallest absolute Gasteiger partial charge is 0.262 e. The van der Waals surface area contributed by atoms with Crippen molar-refractivity contribution in [2.24, 2.45) is 16.8 Å². The Hall–Kier alpha value is -5.99. The summed E-state index contributed by atoms with van der Waals surface area (Å²) < 4.78 is 42.6. The number of Topliss-reactive ketones (excluding diaryl/α,β-unsaturated/α-hetero) is 1. The van der Waals surface area contributed by atoms with Crippen LogP contribution in [-0.2, 0) is 36.7 Å². The van der Waals surface area contributed by atoms with Crippen LogP contribution in [0, 0.1) is 35.8 Å². The third kappa shape index (κ3) is 11.2. The average Bonchev–Trinajstić information content (AvgIpc) is 3.56. The molecular weight excluding hydrogens is 845 g/mol. The summed E-state index contributed by atoms with van der Waals surface area (Å²) in [5, 5.41) is 13.9. The van der Waals surface area contributed by atoms with Crippen molar-refractivity contribution in [3.8, 4) is 11.1 Å². The van der Waals surface area contributed by atoms with Crippen LogP contribution in [0.15, 0.2) is 78.0 Å². The zero-order chi connectivity index (χ0) is 46.9. The van der Waals surface area contributed by atoms with Crippen LogP contribution >= 0.6 is 0 Å². The number of ketones is 1. The molecule has 0 spiro atoms. The number of fused-ring (bicyclic) bond motifs is 1. The number of rotatable bonds is 19. The Balaban J connectivity index is 0.884. The van der Waals surface area contributed by atoms with Gasteiger partial charge in [0.1, 0.15) is 23.5 Å². The lowest BCUT2D eigenvalue weighted by molar-refractivity contribution is -0.136. The lowest BCUT2D eigenvalue weighted by Crippen LogP contribution is -2.54. The minimum absolute atomic E-state index is 0.0588. The minimum atomic E-state index is -1.01. The van der Waals surface area contributed by atoms with E-state index in [1.807, 2.05) is 26.0 Å². The zero-order valence-corrected chi connectivity index (χ0v) is 37.8. The third-order valence-electron chi connectivity index (χ3n) is 13.5. The number of aliphatic imine (C=N–C) groups is 1. The van der Waals surface area contributed by atoms with Crippen molar-refractivity contribution in [3.05, 3.63) is 112 Å². The van der Waals surface area contributed by atoms with E-state index in [1.54, 1.807) is 36.5 Å². The number of para-hydroxylation sites is 1. The van der Waals surface area contributed by atoms with Gasteiger partial charge in [-0.3, -0.25) is 34.2 Å². The highest BCUT2D eigenvalue weighted by molar-refractivity contribution is 6.23.